The summed E-state index contributed by atoms with van der Waals surface area (Å²) in [6, 6.07) is 5.58. The lowest BCUT2D eigenvalue weighted by Crippen LogP contribution is -2.40. The minimum Gasteiger partial charge on any atom is -0.493 e. The Labute approximate surface area is 179 Å². The average Bonchev–Trinajstić information content (AvgIpc) is 2.99. The number of carbonyl (C=O) groups excluding carboxylic acids is 1. The lowest BCUT2D eigenvalue weighted by atomic mass is 9.70. The SMILES string of the molecule is CCCOc1ccc(/C=C2/C(=O)C3(C)CCC2C3(C)CS(=O)(=O)O)c(OCCC)c1. The smallest absolute Gasteiger partial charge is 0.265 e. The maximum Gasteiger partial charge on any atom is 0.265 e. The molecule has 3 atom stereocenters. The van der Waals surface area contributed by atoms with Gasteiger partial charge in [-0.2, -0.15) is 8.42 Å². The Kier molecular flexibility index (Phi) is 6.35. The van der Waals surface area contributed by atoms with Crippen LogP contribution >= 0.6 is 0 Å². The normalized spacial score (nSPS) is 29.6. The van der Waals surface area contributed by atoms with Crippen LogP contribution in [0.5, 0.6) is 11.5 Å². The van der Waals surface area contributed by atoms with Gasteiger partial charge in [0.1, 0.15) is 11.5 Å². The van der Waals surface area contributed by atoms with Crippen molar-refractivity contribution in [2.75, 3.05) is 19.0 Å². The molecule has 0 aromatic heterocycles. The number of rotatable bonds is 9. The molecular weight excluding hydrogens is 404 g/mol. The van der Waals surface area contributed by atoms with Crippen LogP contribution < -0.4 is 9.47 Å². The van der Waals surface area contributed by atoms with Gasteiger partial charge in [-0.1, -0.05) is 27.7 Å². The molecule has 1 N–H and O–H groups in total. The highest BCUT2D eigenvalue weighted by atomic mass is 32.2. The molecule has 3 unspecified atom stereocenters. The van der Waals surface area contributed by atoms with Crippen LogP contribution in [-0.4, -0.2) is 37.7 Å². The zero-order chi connectivity index (χ0) is 22.2. The third kappa shape index (κ3) is 4.02. The number of allylic oxidation sites excluding steroid dienone is 1. The molecule has 0 spiro atoms. The fraction of sp³-hybridized carbons (Fsp3) is 0.609. The van der Waals surface area contributed by atoms with Crippen LogP contribution in [-0.2, 0) is 14.9 Å². The summed E-state index contributed by atoms with van der Waals surface area (Å²) >= 11 is 0. The summed E-state index contributed by atoms with van der Waals surface area (Å²) in [4.78, 5) is 13.3. The van der Waals surface area contributed by atoms with Gasteiger partial charge in [0.25, 0.3) is 10.1 Å². The van der Waals surface area contributed by atoms with Crippen molar-refractivity contribution in [1.82, 2.24) is 0 Å². The molecule has 2 bridgehead atoms. The predicted octanol–water partition coefficient (Wildman–Crippen LogP) is 4.54. The summed E-state index contributed by atoms with van der Waals surface area (Å²) in [6.07, 6.45) is 4.94. The quantitative estimate of drug-likeness (QED) is 0.451. The molecule has 0 saturated heterocycles. The van der Waals surface area contributed by atoms with E-state index >= 15 is 0 Å². The summed E-state index contributed by atoms with van der Waals surface area (Å²) in [5.41, 5.74) is -0.217. The van der Waals surface area contributed by atoms with E-state index in [1.165, 1.54) is 0 Å². The van der Waals surface area contributed by atoms with Crippen LogP contribution in [0.15, 0.2) is 23.8 Å². The molecule has 2 aliphatic carbocycles. The molecule has 2 fully saturated rings. The maximum atomic E-state index is 13.3. The minimum absolute atomic E-state index is 0.0300. The molecule has 0 amide bonds. The monoisotopic (exact) mass is 436 g/mol. The van der Waals surface area contributed by atoms with E-state index < -0.39 is 26.7 Å². The summed E-state index contributed by atoms with van der Waals surface area (Å²) < 4.78 is 44.6. The van der Waals surface area contributed by atoms with E-state index in [1.807, 2.05) is 52.0 Å². The second-order valence-electron chi connectivity index (χ2n) is 8.89. The molecule has 0 heterocycles. The van der Waals surface area contributed by atoms with Crippen molar-refractivity contribution in [3.05, 3.63) is 29.3 Å². The number of ether oxygens (including phenoxy) is 2. The van der Waals surface area contributed by atoms with Gasteiger partial charge in [0.2, 0.25) is 0 Å². The van der Waals surface area contributed by atoms with Gasteiger partial charge in [-0.05, 0) is 49.8 Å². The molecule has 2 aliphatic rings. The molecule has 166 valence electrons. The Morgan fingerprint density at radius 2 is 1.83 bits per heavy atom. The Bertz CT molecular complexity index is 950. The highest BCUT2D eigenvalue weighted by Crippen LogP contribution is 2.66. The van der Waals surface area contributed by atoms with Gasteiger partial charge in [-0.15, -0.1) is 0 Å². The van der Waals surface area contributed by atoms with Crippen LogP contribution in [0.3, 0.4) is 0 Å². The van der Waals surface area contributed by atoms with E-state index in [1.54, 1.807) is 0 Å². The molecule has 1 aromatic carbocycles. The first-order valence-corrected chi connectivity index (χ1v) is 12.3. The largest absolute Gasteiger partial charge is 0.493 e. The highest BCUT2D eigenvalue weighted by Gasteiger charge is 2.67. The molecule has 3 rings (SSSR count). The fourth-order valence-corrected chi connectivity index (χ4v) is 6.30. The molecular formula is C23H32O6S. The van der Waals surface area contributed by atoms with Crippen LogP contribution in [0.4, 0.5) is 0 Å². The Balaban J connectivity index is 2.01. The molecule has 0 radical (unpaired) electrons. The van der Waals surface area contributed by atoms with Crippen molar-refractivity contribution < 1.29 is 27.2 Å². The third-order valence-corrected chi connectivity index (χ3v) is 7.78. The third-order valence-electron chi connectivity index (χ3n) is 6.81. The van der Waals surface area contributed by atoms with Crippen LogP contribution in [0.1, 0.15) is 58.9 Å². The van der Waals surface area contributed by atoms with Crippen LogP contribution in [0, 0.1) is 16.7 Å². The minimum atomic E-state index is -4.21. The standard InChI is InChI=1S/C23H32O6S/c1-5-11-28-17-8-7-16(20(14-17)29-12-6-2)13-18-19-9-10-22(3,21(18)24)23(19,4)15-30(25,26)27/h7-8,13-14,19H,5-6,9-12,15H2,1-4H3,(H,25,26,27)/b18-13+. The van der Waals surface area contributed by atoms with Gasteiger partial charge < -0.3 is 9.47 Å². The fourth-order valence-electron chi connectivity index (χ4n) is 5.02. The first-order chi connectivity index (χ1) is 14.1. The average molecular weight is 437 g/mol. The second-order valence-corrected chi connectivity index (χ2v) is 10.3. The highest BCUT2D eigenvalue weighted by molar-refractivity contribution is 7.85. The predicted molar refractivity (Wildman–Crippen MR) is 116 cm³/mol. The Hall–Kier alpha value is -1.86. The van der Waals surface area contributed by atoms with Crippen LogP contribution in [0.2, 0.25) is 0 Å². The van der Waals surface area contributed by atoms with Gasteiger partial charge in [0.05, 0.1) is 19.0 Å². The van der Waals surface area contributed by atoms with E-state index in [2.05, 4.69) is 0 Å². The zero-order valence-corrected chi connectivity index (χ0v) is 19.0. The van der Waals surface area contributed by atoms with Crippen molar-refractivity contribution in [2.24, 2.45) is 16.7 Å². The van der Waals surface area contributed by atoms with Gasteiger partial charge in [0, 0.05) is 28.0 Å². The maximum absolute atomic E-state index is 13.3. The summed E-state index contributed by atoms with van der Waals surface area (Å²) in [5, 5.41) is 0. The lowest BCUT2D eigenvalue weighted by molar-refractivity contribution is -0.125. The zero-order valence-electron chi connectivity index (χ0n) is 18.2. The number of hydrogen-bond donors (Lipinski definition) is 1. The number of carbonyl (C=O) groups is 1. The van der Waals surface area contributed by atoms with E-state index in [4.69, 9.17) is 9.47 Å². The first-order valence-electron chi connectivity index (χ1n) is 10.7. The Morgan fingerprint density at radius 3 is 2.47 bits per heavy atom. The number of Topliss-reactive ketones (excluding diaryl/α,β-unsaturated/α-hetero) is 1. The van der Waals surface area contributed by atoms with Crippen molar-refractivity contribution >= 4 is 22.0 Å². The van der Waals surface area contributed by atoms with E-state index in [9.17, 15) is 17.8 Å². The number of benzene rings is 1. The molecule has 1 aromatic rings. The topological polar surface area (TPSA) is 89.9 Å². The van der Waals surface area contributed by atoms with Crippen molar-refractivity contribution in [1.29, 1.82) is 0 Å². The van der Waals surface area contributed by atoms with Crippen LogP contribution in [0.25, 0.3) is 6.08 Å². The van der Waals surface area contributed by atoms with Gasteiger partial charge >= 0.3 is 0 Å². The van der Waals surface area contributed by atoms with Crippen molar-refractivity contribution in [2.45, 2.75) is 53.4 Å². The first kappa shape index (κ1) is 22.8. The van der Waals surface area contributed by atoms with E-state index in [-0.39, 0.29) is 11.7 Å². The second kappa shape index (κ2) is 8.35. The van der Waals surface area contributed by atoms with E-state index in [0.29, 0.717) is 36.7 Å². The summed E-state index contributed by atoms with van der Waals surface area (Å²) in [6.45, 7) is 8.86. The van der Waals surface area contributed by atoms with Gasteiger partial charge in [-0.3, -0.25) is 9.35 Å². The van der Waals surface area contributed by atoms with Gasteiger partial charge in [-0.25, -0.2) is 0 Å². The summed E-state index contributed by atoms with van der Waals surface area (Å²) in [7, 11) is -4.21. The van der Waals surface area contributed by atoms with Gasteiger partial charge in [0.15, 0.2) is 5.78 Å². The molecule has 2 saturated carbocycles. The number of ketones is 1. The summed E-state index contributed by atoms with van der Waals surface area (Å²) in [5.74, 6) is 0.708. The number of hydrogen-bond acceptors (Lipinski definition) is 5. The molecule has 7 heteroatoms. The lowest BCUT2D eigenvalue weighted by Gasteiger charge is -2.34. The molecule has 30 heavy (non-hydrogen) atoms. The Morgan fingerprint density at radius 1 is 1.17 bits per heavy atom. The molecule has 6 nitrogen and oxygen atoms in total. The van der Waals surface area contributed by atoms with Crippen molar-refractivity contribution in [3.63, 3.8) is 0 Å². The number of fused-ring (bicyclic) bond motifs is 2. The molecule has 0 aliphatic heterocycles. The van der Waals surface area contributed by atoms with Crippen molar-refractivity contribution in [3.8, 4) is 11.5 Å². The van der Waals surface area contributed by atoms with E-state index in [0.717, 1.165) is 24.8 Å².